The highest BCUT2D eigenvalue weighted by Crippen LogP contribution is 2.40. The third-order valence-corrected chi connectivity index (χ3v) is 5.81. The number of aromatic nitrogens is 4. The maximum absolute atomic E-state index is 15.1. The van der Waals surface area contributed by atoms with E-state index in [-0.39, 0.29) is 28.2 Å². The number of halogens is 1. The van der Waals surface area contributed by atoms with Crippen LogP contribution in [-0.4, -0.2) is 30.4 Å². The molecule has 2 aromatic carbocycles. The van der Waals surface area contributed by atoms with Crippen molar-refractivity contribution in [2.75, 3.05) is 0 Å². The molecule has 0 radical (unpaired) electrons. The van der Waals surface area contributed by atoms with Crippen molar-refractivity contribution in [3.8, 4) is 5.75 Å². The van der Waals surface area contributed by atoms with Gasteiger partial charge in [-0.1, -0.05) is 18.2 Å². The Morgan fingerprint density at radius 2 is 1.94 bits per heavy atom. The third-order valence-electron chi connectivity index (χ3n) is 5.81. The number of benzene rings is 2. The first-order valence-electron chi connectivity index (χ1n) is 9.77. The number of carboxylic acid groups (broad SMARTS) is 1. The zero-order chi connectivity index (χ0) is 21.4. The van der Waals surface area contributed by atoms with Crippen LogP contribution in [0.5, 0.6) is 5.75 Å². The number of para-hydroxylation sites is 1. The summed E-state index contributed by atoms with van der Waals surface area (Å²) in [6.45, 7) is 0. The minimum atomic E-state index is -1.60. The van der Waals surface area contributed by atoms with Gasteiger partial charge in [-0.2, -0.15) is 0 Å². The lowest BCUT2D eigenvalue weighted by atomic mass is 10.1. The van der Waals surface area contributed by atoms with Crippen molar-refractivity contribution in [2.24, 2.45) is 7.05 Å². The molecule has 1 fully saturated rings. The molecule has 9 heteroatoms. The van der Waals surface area contributed by atoms with Crippen LogP contribution in [0.25, 0.3) is 44.0 Å². The summed E-state index contributed by atoms with van der Waals surface area (Å²) in [6.07, 6.45) is 1.49. The van der Waals surface area contributed by atoms with Crippen LogP contribution in [0, 0.1) is 5.82 Å². The van der Waals surface area contributed by atoms with Gasteiger partial charge in [0.05, 0.1) is 22.6 Å². The van der Waals surface area contributed by atoms with Crippen LogP contribution in [0.1, 0.15) is 18.9 Å². The molecule has 3 aromatic heterocycles. The minimum absolute atomic E-state index is 0.0181. The summed E-state index contributed by atoms with van der Waals surface area (Å²) in [7, 11) is 1.85. The monoisotopic (exact) mass is 418 g/mol. The van der Waals surface area contributed by atoms with Crippen molar-refractivity contribution in [1.29, 1.82) is 0 Å². The average molecular weight is 418 g/mol. The molecular weight excluding hydrogens is 403 g/mol. The number of fused-ring (bicyclic) bond motifs is 6. The van der Waals surface area contributed by atoms with Crippen LogP contribution in [0.4, 0.5) is 9.18 Å². The van der Waals surface area contributed by atoms with E-state index >= 15 is 4.39 Å². The Labute approximate surface area is 173 Å². The fraction of sp³-hybridized carbons (Fsp3) is 0.182. The molecule has 3 heterocycles. The van der Waals surface area contributed by atoms with Crippen LogP contribution in [-0.2, 0) is 7.05 Å². The summed E-state index contributed by atoms with van der Waals surface area (Å²) in [5, 5.41) is 9.88. The molecule has 31 heavy (non-hydrogen) atoms. The molecule has 0 spiro atoms. The lowest BCUT2D eigenvalue weighted by molar-refractivity contribution is 0.143. The molecule has 0 saturated heterocycles. The topological polar surface area (TPSA) is 99.2 Å². The molecule has 0 atom stereocenters. The van der Waals surface area contributed by atoms with Crippen LogP contribution in [0.3, 0.4) is 0 Å². The van der Waals surface area contributed by atoms with Gasteiger partial charge in [0.15, 0.2) is 17.2 Å². The summed E-state index contributed by atoms with van der Waals surface area (Å²) in [5.74, 6) is -1.06. The largest absolute Gasteiger partial charge is 0.511 e. The second kappa shape index (κ2) is 6.00. The lowest BCUT2D eigenvalue weighted by Gasteiger charge is -2.14. The average Bonchev–Trinajstić information content (AvgIpc) is 3.56. The Kier molecular flexibility index (Phi) is 3.45. The van der Waals surface area contributed by atoms with Gasteiger partial charge in [0.1, 0.15) is 16.6 Å². The minimum Gasteiger partial charge on any atom is -0.449 e. The summed E-state index contributed by atoms with van der Waals surface area (Å²) in [6, 6.07) is 8.81. The van der Waals surface area contributed by atoms with Crippen molar-refractivity contribution in [3.05, 3.63) is 52.6 Å². The van der Waals surface area contributed by atoms with E-state index in [4.69, 9.17) is 10.1 Å². The predicted molar refractivity (Wildman–Crippen MR) is 112 cm³/mol. The highest BCUT2D eigenvalue weighted by Gasteiger charge is 2.29. The summed E-state index contributed by atoms with van der Waals surface area (Å²) in [5.41, 5.74) is 2.13. The predicted octanol–water partition coefficient (Wildman–Crippen LogP) is 4.12. The van der Waals surface area contributed by atoms with Gasteiger partial charge < -0.3 is 19.0 Å². The van der Waals surface area contributed by atoms with Gasteiger partial charge in [-0.15, -0.1) is 0 Å². The molecule has 6 rings (SSSR count). The fourth-order valence-corrected chi connectivity index (χ4v) is 4.27. The highest BCUT2D eigenvalue weighted by atomic mass is 19.1. The molecule has 0 bridgehead atoms. The molecule has 0 amide bonds. The molecule has 5 aromatic rings. The second-order valence-corrected chi connectivity index (χ2v) is 7.75. The van der Waals surface area contributed by atoms with Crippen molar-refractivity contribution < 1.29 is 19.0 Å². The van der Waals surface area contributed by atoms with E-state index in [9.17, 15) is 9.59 Å². The Bertz CT molecular complexity index is 1650. The Balaban J connectivity index is 1.82. The number of hydrogen-bond acceptors (Lipinski definition) is 5. The van der Waals surface area contributed by atoms with E-state index in [1.807, 2.05) is 35.9 Å². The van der Waals surface area contributed by atoms with Gasteiger partial charge >= 0.3 is 6.16 Å². The summed E-state index contributed by atoms with van der Waals surface area (Å²) >= 11 is 0. The van der Waals surface area contributed by atoms with E-state index in [1.165, 1.54) is 6.20 Å². The SMILES string of the molecule is Cn1c2ccccc2c2nc3c(nc21)c(F)cc1c(=O)c(OC(=O)O)cn(C2CC2)c13. The number of pyridine rings is 1. The quantitative estimate of drug-likeness (QED) is 0.342. The summed E-state index contributed by atoms with van der Waals surface area (Å²) < 4.78 is 23.4. The normalized spacial score (nSPS) is 14.1. The highest BCUT2D eigenvalue weighted by molar-refractivity contribution is 6.10. The second-order valence-electron chi connectivity index (χ2n) is 7.75. The maximum Gasteiger partial charge on any atom is 0.511 e. The van der Waals surface area contributed by atoms with Gasteiger partial charge in [0.2, 0.25) is 5.43 Å². The molecule has 8 nitrogen and oxygen atoms in total. The van der Waals surface area contributed by atoms with Gasteiger partial charge in [0.25, 0.3) is 0 Å². The maximum atomic E-state index is 15.1. The lowest BCUT2D eigenvalue weighted by Crippen LogP contribution is -2.17. The van der Waals surface area contributed by atoms with E-state index in [0.717, 1.165) is 29.8 Å². The first-order chi connectivity index (χ1) is 14.9. The van der Waals surface area contributed by atoms with E-state index in [1.54, 1.807) is 4.57 Å². The number of nitrogens with zero attached hydrogens (tertiary/aromatic N) is 4. The molecule has 1 aliphatic rings. The molecular formula is C22H15FN4O4. The smallest absolute Gasteiger partial charge is 0.449 e. The van der Waals surface area contributed by atoms with Crippen LogP contribution in [0.2, 0.25) is 0 Å². The fourth-order valence-electron chi connectivity index (χ4n) is 4.27. The zero-order valence-electron chi connectivity index (χ0n) is 16.3. The molecule has 0 unspecified atom stereocenters. The van der Waals surface area contributed by atoms with Crippen LogP contribution < -0.4 is 10.2 Å². The van der Waals surface area contributed by atoms with Crippen LogP contribution >= 0.6 is 0 Å². The number of carbonyl (C=O) groups is 1. The van der Waals surface area contributed by atoms with E-state index in [0.29, 0.717) is 16.7 Å². The van der Waals surface area contributed by atoms with E-state index in [2.05, 4.69) is 9.72 Å². The van der Waals surface area contributed by atoms with Crippen LogP contribution in [0.15, 0.2) is 41.3 Å². The summed E-state index contributed by atoms with van der Waals surface area (Å²) in [4.78, 5) is 33.3. The molecule has 0 aliphatic heterocycles. The third kappa shape index (κ3) is 2.46. The number of ether oxygens (including phenoxy) is 1. The van der Waals surface area contributed by atoms with Crippen molar-refractivity contribution in [2.45, 2.75) is 18.9 Å². The van der Waals surface area contributed by atoms with Gasteiger partial charge in [-0.25, -0.2) is 19.2 Å². The Morgan fingerprint density at radius 3 is 2.68 bits per heavy atom. The Hall–Kier alpha value is -4.01. The van der Waals surface area contributed by atoms with Crippen molar-refractivity contribution in [1.82, 2.24) is 19.1 Å². The van der Waals surface area contributed by atoms with Gasteiger partial charge in [-0.05, 0) is 25.0 Å². The van der Waals surface area contributed by atoms with Crippen molar-refractivity contribution in [3.63, 3.8) is 0 Å². The number of rotatable bonds is 2. The first kappa shape index (κ1) is 17.8. The van der Waals surface area contributed by atoms with Gasteiger partial charge in [0, 0.05) is 18.5 Å². The standard InChI is InChI=1S/C22H15FN4O4/c1-26-14-5-3-2-4-11(14)16-21(26)25-17-13(23)8-12-19(18(17)24-16)27(10-6-7-10)9-15(20(12)28)31-22(29)30/h2-5,8-10H,6-7H2,1H3,(H,29,30). The molecule has 1 N–H and O–H groups in total. The van der Waals surface area contributed by atoms with Crippen molar-refractivity contribution >= 4 is 50.2 Å². The molecule has 154 valence electrons. The van der Waals surface area contributed by atoms with E-state index < -0.39 is 17.4 Å². The first-order valence-corrected chi connectivity index (χ1v) is 9.77. The Morgan fingerprint density at radius 1 is 1.16 bits per heavy atom. The zero-order valence-corrected chi connectivity index (χ0v) is 16.3. The molecule has 1 aliphatic carbocycles. The number of hydrogen-bond donors (Lipinski definition) is 1. The molecule has 1 saturated carbocycles. The number of aryl methyl sites for hydroxylation is 1. The van der Waals surface area contributed by atoms with Gasteiger partial charge in [-0.3, -0.25) is 4.79 Å².